The van der Waals surface area contributed by atoms with E-state index in [1.165, 1.54) is 57.8 Å². The summed E-state index contributed by atoms with van der Waals surface area (Å²) >= 11 is 0. The molecule has 0 radical (unpaired) electrons. The maximum Gasteiger partial charge on any atom is 0.0697 e. The first-order valence-corrected chi connectivity index (χ1v) is 8.53. The zero-order valence-corrected chi connectivity index (χ0v) is 13.2. The molecular weight excluding hydrogens is 234 g/mol. The fourth-order valence-corrected chi connectivity index (χ4v) is 3.96. The van der Waals surface area contributed by atoms with Gasteiger partial charge in [0.15, 0.2) is 0 Å². The molecule has 0 amide bonds. The van der Waals surface area contributed by atoms with Gasteiger partial charge in [-0.2, -0.15) is 0 Å². The Kier molecular flexibility index (Phi) is 5.70. The second-order valence-corrected chi connectivity index (χ2v) is 7.10. The summed E-state index contributed by atoms with van der Waals surface area (Å²) in [5.41, 5.74) is 0.240. The molecule has 1 saturated carbocycles. The smallest absolute Gasteiger partial charge is 0.0697 e. The molecule has 3 atom stereocenters. The minimum atomic E-state index is 0.240. The van der Waals surface area contributed by atoms with Gasteiger partial charge in [-0.25, -0.2) is 0 Å². The highest BCUT2D eigenvalue weighted by atomic mass is 16.5. The lowest BCUT2D eigenvalue weighted by molar-refractivity contribution is -0.110. The maximum absolute atomic E-state index is 6.18. The van der Waals surface area contributed by atoms with Gasteiger partial charge in [-0.05, 0) is 44.9 Å². The van der Waals surface area contributed by atoms with E-state index in [-0.39, 0.29) is 5.60 Å². The molecule has 1 N–H and O–H groups in total. The van der Waals surface area contributed by atoms with Gasteiger partial charge < -0.3 is 10.1 Å². The fraction of sp³-hybridized carbons (Fsp3) is 1.00. The predicted molar refractivity (Wildman–Crippen MR) is 81.5 cm³/mol. The predicted octanol–water partition coefficient (Wildman–Crippen LogP) is 4.28. The van der Waals surface area contributed by atoms with Crippen LogP contribution in [0.2, 0.25) is 0 Å². The van der Waals surface area contributed by atoms with Crippen molar-refractivity contribution in [2.75, 3.05) is 6.61 Å². The SMILES string of the molecule is CCC(C)CC(C)NC1CCOC2(CCCCC2)C1. The summed E-state index contributed by atoms with van der Waals surface area (Å²) in [4.78, 5) is 0. The molecule has 2 aliphatic rings. The first-order chi connectivity index (χ1) is 9.13. The van der Waals surface area contributed by atoms with Gasteiger partial charge in [-0.1, -0.05) is 39.5 Å². The molecule has 2 fully saturated rings. The van der Waals surface area contributed by atoms with Crippen LogP contribution in [0, 0.1) is 5.92 Å². The molecule has 1 aliphatic heterocycles. The van der Waals surface area contributed by atoms with Crippen LogP contribution in [-0.4, -0.2) is 24.3 Å². The molecule has 2 nitrogen and oxygen atoms in total. The highest BCUT2D eigenvalue weighted by molar-refractivity contribution is 4.92. The standard InChI is InChI=1S/C17H33NO/c1-4-14(2)12-15(3)18-16-8-11-19-17(13-16)9-6-5-7-10-17/h14-16,18H,4-13H2,1-3H3. The normalized spacial score (nSPS) is 30.2. The molecule has 2 rings (SSSR count). The van der Waals surface area contributed by atoms with Crippen LogP contribution in [0.3, 0.4) is 0 Å². The first kappa shape index (κ1) is 15.3. The molecule has 0 aromatic rings. The van der Waals surface area contributed by atoms with E-state index in [1.807, 2.05) is 0 Å². The Morgan fingerprint density at radius 1 is 1.21 bits per heavy atom. The van der Waals surface area contributed by atoms with Gasteiger partial charge in [0.2, 0.25) is 0 Å². The molecule has 1 spiro atoms. The van der Waals surface area contributed by atoms with Crippen molar-refractivity contribution in [2.24, 2.45) is 5.92 Å². The van der Waals surface area contributed by atoms with Crippen LogP contribution in [0.5, 0.6) is 0 Å². The number of rotatable bonds is 5. The zero-order chi connectivity index (χ0) is 13.7. The number of hydrogen-bond donors (Lipinski definition) is 1. The van der Waals surface area contributed by atoms with Crippen LogP contribution in [0.25, 0.3) is 0 Å². The highest BCUT2D eigenvalue weighted by Gasteiger charge is 2.38. The lowest BCUT2D eigenvalue weighted by atomic mass is 9.78. The van der Waals surface area contributed by atoms with E-state index in [1.54, 1.807) is 0 Å². The van der Waals surface area contributed by atoms with Gasteiger partial charge in [0.25, 0.3) is 0 Å². The Morgan fingerprint density at radius 3 is 2.63 bits per heavy atom. The zero-order valence-electron chi connectivity index (χ0n) is 13.2. The molecular formula is C17H33NO. The monoisotopic (exact) mass is 267 g/mol. The Bertz CT molecular complexity index is 254. The number of ether oxygens (including phenoxy) is 1. The van der Waals surface area contributed by atoms with Gasteiger partial charge in [-0.15, -0.1) is 0 Å². The van der Waals surface area contributed by atoms with Gasteiger partial charge in [0, 0.05) is 18.7 Å². The van der Waals surface area contributed by atoms with Gasteiger partial charge >= 0.3 is 0 Å². The highest BCUT2D eigenvalue weighted by Crippen LogP contribution is 2.38. The molecule has 3 unspecified atom stereocenters. The Balaban J connectivity index is 1.80. The lowest BCUT2D eigenvalue weighted by Crippen LogP contribution is -2.50. The van der Waals surface area contributed by atoms with Crippen molar-refractivity contribution in [1.82, 2.24) is 5.32 Å². The van der Waals surface area contributed by atoms with Crippen molar-refractivity contribution < 1.29 is 4.74 Å². The molecule has 1 saturated heterocycles. The summed E-state index contributed by atoms with van der Waals surface area (Å²) in [5.74, 6) is 0.839. The minimum Gasteiger partial charge on any atom is -0.375 e. The molecule has 2 heteroatoms. The van der Waals surface area contributed by atoms with E-state index in [2.05, 4.69) is 26.1 Å². The summed E-state index contributed by atoms with van der Waals surface area (Å²) in [6.45, 7) is 7.98. The van der Waals surface area contributed by atoms with Crippen molar-refractivity contribution in [3.63, 3.8) is 0 Å². The summed E-state index contributed by atoms with van der Waals surface area (Å²) in [6, 6.07) is 1.34. The minimum absolute atomic E-state index is 0.240. The average molecular weight is 267 g/mol. The van der Waals surface area contributed by atoms with E-state index in [0.717, 1.165) is 12.5 Å². The third kappa shape index (κ3) is 4.46. The fourth-order valence-electron chi connectivity index (χ4n) is 3.96. The average Bonchev–Trinajstić information content (AvgIpc) is 2.39. The van der Waals surface area contributed by atoms with Gasteiger partial charge in [-0.3, -0.25) is 0 Å². The van der Waals surface area contributed by atoms with Crippen LogP contribution in [0.15, 0.2) is 0 Å². The van der Waals surface area contributed by atoms with E-state index in [0.29, 0.717) is 12.1 Å². The molecule has 112 valence electrons. The molecule has 0 bridgehead atoms. The van der Waals surface area contributed by atoms with Crippen LogP contribution >= 0.6 is 0 Å². The summed E-state index contributed by atoms with van der Waals surface area (Å²) in [7, 11) is 0. The van der Waals surface area contributed by atoms with E-state index >= 15 is 0 Å². The lowest BCUT2D eigenvalue weighted by Gasteiger charge is -2.44. The third-order valence-electron chi connectivity index (χ3n) is 5.23. The quantitative estimate of drug-likeness (QED) is 0.802. The third-order valence-corrected chi connectivity index (χ3v) is 5.23. The number of nitrogens with one attached hydrogen (secondary N) is 1. The molecule has 19 heavy (non-hydrogen) atoms. The summed E-state index contributed by atoms with van der Waals surface area (Å²) in [6.07, 6.45) is 11.8. The van der Waals surface area contributed by atoms with Crippen LogP contribution in [0.1, 0.15) is 78.6 Å². The number of hydrogen-bond acceptors (Lipinski definition) is 2. The molecule has 1 heterocycles. The van der Waals surface area contributed by atoms with Crippen molar-refractivity contribution in [1.29, 1.82) is 0 Å². The Morgan fingerprint density at radius 2 is 1.95 bits per heavy atom. The van der Waals surface area contributed by atoms with E-state index in [9.17, 15) is 0 Å². The molecule has 1 aliphatic carbocycles. The van der Waals surface area contributed by atoms with Crippen molar-refractivity contribution >= 4 is 0 Å². The topological polar surface area (TPSA) is 21.3 Å². The van der Waals surface area contributed by atoms with Crippen molar-refractivity contribution in [2.45, 2.75) is 96.2 Å². The van der Waals surface area contributed by atoms with Crippen molar-refractivity contribution in [3.8, 4) is 0 Å². The second-order valence-electron chi connectivity index (χ2n) is 7.10. The Labute approximate surface area is 119 Å². The van der Waals surface area contributed by atoms with Crippen molar-refractivity contribution in [3.05, 3.63) is 0 Å². The van der Waals surface area contributed by atoms with E-state index < -0.39 is 0 Å². The molecule has 0 aromatic heterocycles. The van der Waals surface area contributed by atoms with Crippen LogP contribution < -0.4 is 5.32 Å². The second kappa shape index (κ2) is 7.08. The van der Waals surface area contributed by atoms with Crippen LogP contribution in [0.4, 0.5) is 0 Å². The van der Waals surface area contributed by atoms with E-state index in [4.69, 9.17) is 4.74 Å². The Hall–Kier alpha value is -0.0800. The van der Waals surface area contributed by atoms with Gasteiger partial charge in [0.1, 0.15) is 0 Å². The van der Waals surface area contributed by atoms with Crippen LogP contribution in [-0.2, 0) is 4.74 Å². The summed E-state index contributed by atoms with van der Waals surface area (Å²) in [5, 5.41) is 3.88. The van der Waals surface area contributed by atoms with Gasteiger partial charge in [0.05, 0.1) is 5.60 Å². The summed E-state index contributed by atoms with van der Waals surface area (Å²) < 4.78 is 6.18. The first-order valence-electron chi connectivity index (χ1n) is 8.53. The largest absolute Gasteiger partial charge is 0.375 e. The maximum atomic E-state index is 6.18. The molecule has 0 aromatic carbocycles.